The van der Waals surface area contributed by atoms with Gasteiger partial charge in [0, 0.05) is 6.54 Å². The van der Waals surface area contributed by atoms with Crippen molar-refractivity contribution >= 4 is 15.9 Å². The fourth-order valence-corrected chi connectivity index (χ4v) is 3.57. The fraction of sp³-hybridized carbons (Fsp3) is 0.909. The van der Waals surface area contributed by atoms with E-state index in [1.165, 1.54) is 0 Å². The monoisotopic (exact) mass is 263 g/mol. The molecule has 1 saturated heterocycles. The molecule has 17 heavy (non-hydrogen) atoms. The van der Waals surface area contributed by atoms with Crippen LogP contribution in [0, 0.1) is 0 Å². The highest BCUT2D eigenvalue weighted by Gasteiger charge is 2.43. The molecule has 1 heterocycles. The second kappa shape index (κ2) is 4.48. The Bertz CT molecular complexity index is 396. The standard InChI is InChI=1S/C11H21NO4S/c1-10(2,3)16-9(13)12-8-11(4)6-5-7-17(11,14)15/h5-8H2,1-4H3,(H,12,13). The quantitative estimate of drug-likeness (QED) is 0.819. The first kappa shape index (κ1) is 14.3. The Hall–Kier alpha value is -0.780. The van der Waals surface area contributed by atoms with Crippen molar-refractivity contribution in [2.75, 3.05) is 12.3 Å². The molecule has 1 atom stereocenters. The second-order valence-corrected chi connectivity index (χ2v) is 8.35. The molecular formula is C11H21NO4S. The van der Waals surface area contributed by atoms with Crippen LogP contribution in [0.2, 0.25) is 0 Å². The van der Waals surface area contributed by atoms with Gasteiger partial charge in [-0.3, -0.25) is 0 Å². The van der Waals surface area contributed by atoms with Crippen LogP contribution in [0.1, 0.15) is 40.5 Å². The lowest BCUT2D eigenvalue weighted by Gasteiger charge is -2.25. The van der Waals surface area contributed by atoms with E-state index in [0.29, 0.717) is 12.8 Å². The van der Waals surface area contributed by atoms with Gasteiger partial charge in [-0.25, -0.2) is 13.2 Å². The van der Waals surface area contributed by atoms with Crippen molar-refractivity contribution in [2.24, 2.45) is 0 Å². The van der Waals surface area contributed by atoms with Crippen molar-refractivity contribution in [3.63, 3.8) is 0 Å². The Morgan fingerprint density at radius 3 is 2.41 bits per heavy atom. The second-order valence-electron chi connectivity index (χ2n) is 5.73. The summed E-state index contributed by atoms with van der Waals surface area (Å²) in [4.78, 5) is 11.4. The molecule has 0 aliphatic carbocycles. The smallest absolute Gasteiger partial charge is 0.407 e. The van der Waals surface area contributed by atoms with Crippen LogP contribution in [0.5, 0.6) is 0 Å². The summed E-state index contributed by atoms with van der Waals surface area (Å²) in [6.45, 7) is 7.08. The predicted octanol–water partition coefficient (Wildman–Crippen LogP) is 1.48. The van der Waals surface area contributed by atoms with Gasteiger partial charge < -0.3 is 10.1 Å². The number of amides is 1. The fourth-order valence-electron chi connectivity index (χ4n) is 1.81. The molecule has 0 radical (unpaired) electrons. The van der Waals surface area contributed by atoms with E-state index < -0.39 is 26.3 Å². The average molecular weight is 263 g/mol. The van der Waals surface area contributed by atoms with Crippen molar-refractivity contribution in [2.45, 2.75) is 50.9 Å². The lowest BCUT2D eigenvalue weighted by molar-refractivity contribution is 0.0522. The number of rotatable bonds is 2. The average Bonchev–Trinajstić information content (AvgIpc) is 2.36. The number of hydrogen-bond acceptors (Lipinski definition) is 4. The van der Waals surface area contributed by atoms with Gasteiger partial charge in [-0.05, 0) is 40.5 Å². The summed E-state index contributed by atoms with van der Waals surface area (Å²) < 4.78 is 27.8. The zero-order valence-electron chi connectivity index (χ0n) is 10.9. The number of nitrogens with one attached hydrogen (secondary N) is 1. The molecule has 6 heteroatoms. The molecular weight excluding hydrogens is 242 g/mol. The van der Waals surface area contributed by atoms with Gasteiger partial charge in [-0.2, -0.15) is 0 Å². The lowest BCUT2D eigenvalue weighted by atomic mass is 10.1. The summed E-state index contributed by atoms with van der Waals surface area (Å²) >= 11 is 0. The first-order valence-electron chi connectivity index (χ1n) is 5.75. The van der Waals surface area contributed by atoms with E-state index in [9.17, 15) is 13.2 Å². The zero-order valence-corrected chi connectivity index (χ0v) is 11.7. The highest BCUT2D eigenvalue weighted by Crippen LogP contribution is 2.31. The molecule has 1 fully saturated rings. The molecule has 0 saturated carbocycles. The number of alkyl carbamates (subject to hydrolysis) is 1. The first-order valence-corrected chi connectivity index (χ1v) is 7.40. The normalized spacial score (nSPS) is 27.8. The summed E-state index contributed by atoms with van der Waals surface area (Å²) in [6, 6.07) is 0. The molecule has 5 nitrogen and oxygen atoms in total. The van der Waals surface area contributed by atoms with Gasteiger partial charge in [0.25, 0.3) is 0 Å². The number of hydrogen-bond donors (Lipinski definition) is 1. The molecule has 0 bridgehead atoms. The third kappa shape index (κ3) is 3.59. The van der Waals surface area contributed by atoms with Crippen molar-refractivity contribution in [3.8, 4) is 0 Å². The molecule has 1 N–H and O–H groups in total. The Balaban J connectivity index is 2.54. The van der Waals surface area contributed by atoms with Gasteiger partial charge in [0.1, 0.15) is 5.60 Å². The molecule has 100 valence electrons. The van der Waals surface area contributed by atoms with Crippen LogP contribution in [0.3, 0.4) is 0 Å². The van der Waals surface area contributed by atoms with Gasteiger partial charge in [-0.15, -0.1) is 0 Å². The number of ether oxygens (including phenoxy) is 1. The van der Waals surface area contributed by atoms with Crippen molar-refractivity contribution in [1.29, 1.82) is 0 Å². The van der Waals surface area contributed by atoms with Crippen LogP contribution >= 0.6 is 0 Å². The van der Waals surface area contributed by atoms with E-state index in [2.05, 4.69) is 5.32 Å². The van der Waals surface area contributed by atoms with Crippen LogP contribution in [0.25, 0.3) is 0 Å². The minimum Gasteiger partial charge on any atom is -0.444 e. The molecule has 1 amide bonds. The van der Waals surface area contributed by atoms with E-state index >= 15 is 0 Å². The van der Waals surface area contributed by atoms with E-state index in [4.69, 9.17) is 4.74 Å². The molecule has 0 aromatic rings. The molecule has 0 aromatic carbocycles. The first-order chi connectivity index (χ1) is 7.56. The van der Waals surface area contributed by atoms with Crippen LogP contribution in [0.15, 0.2) is 0 Å². The minimum absolute atomic E-state index is 0.115. The zero-order chi connectivity index (χ0) is 13.3. The largest absolute Gasteiger partial charge is 0.444 e. The van der Waals surface area contributed by atoms with Gasteiger partial charge >= 0.3 is 6.09 Å². The van der Waals surface area contributed by atoms with Crippen molar-refractivity contribution in [1.82, 2.24) is 5.32 Å². The Kier molecular flexibility index (Phi) is 3.76. The van der Waals surface area contributed by atoms with Crippen molar-refractivity contribution < 1.29 is 17.9 Å². The highest BCUT2D eigenvalue weighted by atomic mass is 32.2. The molecule has 0 aromatic heterocycles. The van der Waals surface area contributed by atoms with Gasteiger partial charge in [0.15, 0.2) is 9.84 Å². The molecule has 0 spiro atoms. The molecule has 1 unspecified atom stereocenters. The summed E-state index contributed by atoms with van der Waals surface area (Å²) in [5.41, 5.74) is -0.570. The van der Waals surface area contributed by atoms with Crippen molar-refractivity contribution in [3.05, 3.63) is 0 Å². The minimum atomic E-state index is -3.10. The SMILES string of the molecule is CC(C)(C)OC(=O)NCC1(C)CCCS1(=O)=O. The van der Waals surface area contributed by atoms with E-state index in [0.717, 1.165) is 0 Å². The summed E-state index contributed by atoms with van der Waals surface area (Å²) in [5, 5.41) is 2.54. The maximum atomic E-state index is 11.8. The molecule has 1 aliphatic rings. The maximum absolute atomic E-state index is 11.8. The van der Waals surface area contributed by atoms with Gasteiger partial charge in [0.2, 0.25) is 0 Å². The topological polar surface area (TPSA) is 72.5 Å². The third-order valence-corrected chi connectivity index (χ3v) is 5.55. The third-order valence-electron chi connectivity index (χ3n) is 2.88. The number of sulfone groups is 1. The molecule has 1 rings (SSSR count). The Morgan fingerprint density at radius 2 is 2.00 bits per heavy atom. The van der Waals surface area contributed by atoms with Crippen LogP contribution in [0.4, 0.5) is 4.79 Å². The van der Waals surface area contributed by atoms with Crippen LogP contribution in [-0.4, -0.2) is 37.2 Å². The highest BCUT2D eigenvalue weighted by molar-refractivity contribution is 7.93. The Morgan fingerprint density at radius 1 is 1.41 bits per heavy atom. The van der Waals surface area contributed by atoms with E-state index in [-0.39, 0.29) is 12.3 Å². The van der Waals surface area contributed by atoms with Gasteiger partial charge in [0.05, 0.1) is 10.5 Å². The van der Waals surface area contributed by atoms with Crippen LogP contribution in [-0.2, 0) is 14.6 Å². The summed E-state index contributed by atoms with van der Waals surface area (Å²) in [6.07, 6.45) is 0.681. The maximum Gasteiger partial charge on any atom is 0.407 e. The Labute approximate surface area is 103 Å². The van der Waals surface area contributed by atoms with E-state index in [1.54, 1.807) is 27.7 Å². The number of carbonyl (C=O) groups is 1. The molecule has 1 aliphatic heterocycles. The number of carbonyl (C=O) groups excluding carboxylic acids is 1. The summed E-state index contributed by atoms with van der Waals surface area (Å²) in [7, 11) is -3.10. The predicted molar refractivity (Wildman–Crippen MR) is 65.7 cm³/mol. The van der Waals surface area contributed by atoms with Crippen LogP contribution < -0.4 is 5.32 Å². The van der Waals surface area contributed by atoms with E-state index in [1.807, 2.05) is 0 Å². The van der Waals surface area contributed by atoms with Gasteiger partial charge in [-0.1, -0.05) is 0 Å². The lowest BCUT2D eigenvalue weighted by Crippen LogP contribution is -2.45. The summed E-state index contributed by atoms with van der Waals surface area (Å²) in [5.74, 6) is 0.208.